The lowest BCUT2D eigenvalue weighted by atomic mass is 10.1. The van der Waals surface area contributed by atoms with Crippen molar-refractivity contribution in [2.24, 2.45) is 5.92 Å². The molecular formula is C14H20ClNO. The molecule has 0 amide bonds. The molecule has 1 aromatic rings. The molecule has 1 N–H and O–H groups in total. The third kappa shape index (κ3) is 4.66. The van der Waals surface area contributed by atoms with E-state index in [1.165, 1.54) is 24.0 Å². The van der Waals surface area contributed by atoms with Crippen LogP contribution in [0.25, 0.3) is 0 Å². The van der Waals surface area contributed by atoms with E-state index in [2.05, 4.69) is 18.3 Å². The maximum absolute atomic E-state index is 5.91. The number of ether oxygens (including phenoxy) is 1. The third-order valence-corrected chi connectivity index (χ3v) is 3.33. The van der Waals surface area contributed by atoms with Crippen molar-refractivity contribution in [3.63, 3.8) is 0 Å². The average Bonchev–Trinajstić information content (AvgIpc) is 3.09. The highest BCUT2D eigenvalue weighted by Gasteiger charge is 2.20. The zero-order valence-electron chi connectivity index (χ0n) is 10.3. The molecule has 0 unspecified atom stereocenters. The van der Waals surface area contributed by atoms with Crippen LogP contribution < -0.4 is 5.32 Å². The molecule has 0 aromatic heterocycles. The molecule has 1 fully saturated rings. The van der Waals surface area contributed by atoms with Gasteiger partial charge in [-0.2, -0.15) is 0 Å². The Labute approximate surface area is 108 Å². The summed E-state index contributed by atoms with van der Waals surface area (Å²) >= 11 is 5.91. The molecule has 0 bridgehead atoms. The Kier molecular flexibility index (Phi) is 4.84. The van der Waals surface area contributed by atoms with E-state index in [9.17, 15) is 0 Å². The standard InChI is InChI=1S/C14H20ClNO/c1-11-8-14(15)5-4-13(11)9-16-6-7-17-10-12-2-3-12/h4-5,8,12,16H,2-3,6-7,9-10H2,1H3. The van der Waals surface area contributed by atoms with Crippen LogP contribution >= 0.6 is 11.6 Å². The minimum atomic E-state index is 0.805. The van der Waals surface area contributed by atoms with Crippen molar-refractivity contribution >= 4 is 11.6 Å². The van der Waals surface area contributed by atoms with Crippen LogP contribution in [0.15, 0.2) is 18.2 Å². The van der Waals surface area contributed by atoms with E-state index in [1.54, 1.807) is 0 Å². The van der Waals surface area contributed by atoms with Crippen LogP contribution in [-0.2, 0) is 11.3 Å². The zero-order chi connectivity index (χ0) is 12.1. The molecule has 0 radical (unpaired) electrons. The summed E-state index contributed by atoms with van der Waals surface area (Å²) in [5, 5.41) is 4.19. The maximum atomic E-state index is 5.91. The Bertz CT molecular complexity index is 363. The molecular weight excluding hydrogens is 234 g/mol. The molecule has 1 aliphatic carbocycles. The predicted octanol–water partition coefficient (Wildman–Crippen LogP) is 3.16. The van der Waals surface area contributed by atoms with Crippen molar-refractivity contribution in [1.29, 1.82) is 0 Å². The SMILES string of the molecule is Cc1cc(Cl)ccc1CNCCOCC1CC1. The topological polar surface area (TPSA) is 21.3 Å². The predicted molar refractivity (Wildman–Crippen MR) is 71.4 cm³/mol. The summed E-state index contributed by atoms with van der Waals surface area (Å²) in [4.78, 5) is 0. The highest BCUT2D eigenvalue weighted by atomic mass is 35.5. The maximum Gasteiger partial charge on any atom is 0.0591 e. The number of nitrogens with one attached hydrogen (secondary N) is 1. The Morgan fingerprint density at radius 1 is 1.41 bits per heavy atom. The number of rotatable bonds is 7. The fourth-order valence-electron chi connectivity index (χ4n) is 1.76. The van der Waals surface area contributed by atoms with E-state index in [4.69, 9.17) is 16.3 Å². The average molecular weight is 254 g/mol. The first-order chi connectivity index (χ1) is 8.25. The number of aryl methyl sites for hydroxylation is 1. The molecule has 1 aliphatic rings. The van der Waals surface area contributed by atoms with Crippen LogP contribution in [0.3, 0.4) is 0 Å². The van der Waals surface area contributed by atoms with Gasteiger partial charge in [-0.1, -0.05) is 17.7 Å². The van der Waals surface area contributed by atoms with Crippen LogP contribution in [0.5, 0.6) is 0 Å². The Morgan fingerprint density at radius 3 is 2.94 bits per heavy atom. The van der Waals surface area contributed by atoms with E-state index in [0.29, 0.717) is 0 Å². The van der Waals surface area contributed by atoms with Gasteiger partial charge >= 0.3 is 0 Å². The lowest BCUT2D eigenvalue weighted by molar-refractivity contribution is 0.126. The fourth-order valence-corrected chi connectivity index (χ4v) is 1.99. The van der Waals surface area contributed by atoms with Crippen molar-refractivity contribution in [1.82, 2.24) is 5.32 Å². The second-order valence-electron chi connectivity index (χ2n) is 4.77. The first kappa shape index (κ1) is 12.9. The zero-order valence-corrected chi connectivity index (χ0v) is 11.1. The second-order valence-corrected chi connectivity index (χ2v) is 5.20. The van der Waals surface area contributed by atoms with Gasteiger partial charge in [0.25, 0.3) is 0 Å². The Hall–Kier alpha value is -0.570. The normalized spacial score (nSPS) is 15.2. The van der Waals surface area contributed by atoms with Crippen molar-refractivity contribution in [3.8, 4) is 0 Å². The molecule has 0 saturated heterocycles. The summed E-state index contributed by atoms with van der Waals surface area (Å²) in [5.41, 5.74) is 2.54. The van der Waals surface area contributed by atoms with Crippen molar-refractivity contribution in [2.45, 2.75) is 26.3 Å². The summed E-state index contributed by atoms with van der Waals surface area (Å²) < 4.78 is 5.56. The van der Waals surface area contributed by atoms with E-state index >= 15 is 0 Å². The summed E-state index contributed by atoms with van der Waals surface area (Å²) in [5.74, 6) is 0.855. The van der Waals surface area contributed by atoms with Gasteiger partial charge in [-0.15, -0.1) is 0 Å². The molecule has 2 rings (SSSR count). The summed E-state index contributed by atoms with van der Waals surface area (Å²) in [6.45, 7) is 5.64. The van der Waals surface area contributed by atoms with Gasteiger partial charge in [0.1, 0.15) is 0 Å². The van der Waals surface area contributed by atoms with Gasteiger partial charge in [0.2, 0.25) is 0 Å². The molecule has 1 saturated carbocycles. The lowest BCUT2D eigenvalue weighted by Gasteiger charge is -2.08. The van der Waals surface area contributed by atoms with Crippen LogP contribution in [-0.4, -0.2) is 19.8 Å². The Balaban J connectivity index is 1.60. The van der Waals surface area contributed by atoms with Crippen LogP contribution in [0, 0.1) is 12.8 Å². The molecule has 0 aliphatic heterocycles. The molecule has 0 atom stereocenters. The van der Waals surface area contributed by atoms with Gasteiger partial charge < -0.3 is 10.1 Å². The van der Waals surface area contributed by atoms with E-state index in [0.717, 1.165) is 37.2 Å². The van der Waals surface area contributed by atoms with Crippen molar-refractivity contribution < 1.29 is 4.74 Å². The fraction of sp³-hybridized carbons (Fsp3) is 0.571. The molecule has 1 aromatic carbocycles. The smallest absolute Gasteiger partial charge is 0.0591 e. The van der Waals surface area contributed by atoms with Crippen molar-refractivity contribution in [2.75, 3.05) is 19.8 Å². The van der Waals surface area contributed by atoms with E-state index in [1.807, 2.05) is 12.1 Å². The molecule has 0 heterocycles. The number of hydrogen-bond acceptors (Lipinski definition) is 2. The third-order valence-electron chi connectivity index (χ3n) is 3.09. The van der Waals surface area contributed by atoms with Crippen molar-refractivity contribution in [3.05, 3.63) is 34.3 Å². The molecule has 0 spiro atoms. The number of benzene rings is 1. The highest BCUT2D eigenvalue weighted by molar-refractivity contribution is 6.30. The van der Waals surface area contributed by atoms with Gasteiger partial charge in [-0.25, -0.2) is 0 Å². The number of hydrogen-bond donors (Lipinski definition) is 1. The van der Waals surface area contributed by atoms with Crippen LogP contribution in [0.4, 0.5) is 0 Å². The van der Waals surface area contributed by atoms with Gasteiger partial charge in [0.15, 0.2) is 0 Å². The molecule has 3 heteroatoms. The molecule has 94 valence electrons. The Morgan fingerprint density at radius 2 is 2.24 bits per heavy atom. The monoisotopic (exact) mass is 253 g/mol. The quantitative estimate of drug-likeness (QED) is 0.754. The van der Waals surface area contributed by atoms with Gasteiger partial charge in [0, 0.05) is 24.7 Å². The lowest BCUT2D eigenvalue weighted by Crippen LogP contribution is -2.20. The van der Waals surface area contributed by atoms with E-state index < -0.39 is 0 Å². The molecule has 17 heavy (non-hydrogen) atoms. The van der Waals surface area contributed by atoms with Gasteiger partial charge in [0.05, 0.1) is 6.61 Å². The minimum Gasteiger partial charge on any atom is -0.380 e. The van der Waals surface area contributed by atoms with Gasteiger partial charge in [-0.05, 0) is 48.9 Å². The summed E-state index contributed by atoms with van der Waals surface area (Å²) in [6.07, 6.45) is 2.72. The van der Waals surface area contributed by atoms with Crippen LogP contribution in [0.1, 0.15) is 24.0 Å². The minimum absolute atomic E-state index is 0.805. The largest absolute Gasteiger partial charge is 0.380 e. The summed E-state index contributed by atoms with van der Waals surface area (Å²) in [7, 11) is 0. The number of halogens is 1. The molecule has 2 nitrogen and oxygen atoms in total. The first-order valence-corrected chi connectivity index (χ1v) is 6.67. The van der Waals surface area contributed by atoms with Gasteiger partial charge in [-0.3, -0.25) is 0 Å². The summed E-state index contributed by atoms with van der Waals surface area (Å²) in [6, 6.07) is 6.02. The van der Waals surface area contributed by atoms with Crippen LogP contribution in [0.2, 0.25) is 5.02 Å². The van der Waals surface area contributed by atoms with E-state index in [-0.39, 0.29) is 0 Å². The second kappa shape index (κ2) is 6.39. The first-order valence-electron chi connectivity index (χ1n) is 6.29. The highest BCUT2D eigenvalue weighted by Crippen LogP contribution is 2.28.